The van der Waals surface area contributed by atoms with Crippen LogP contribution in [-0.4, -0.2) is 63.1 Å². The van der Waals surface area contributed by atoms with Gasteiger partial charge in [0.05, 0.1) is 29.4 Å². The smallest absolute Gasteiger partial charge is 0.338 e. The van der Waals surface area contributed by atoms with Crippen molar-refractivity contribution in [1.29, 1.82) is 0 Å². The molecular weight excluding hydrogens is 369 g/mol. The van der Waals surface area contributed by atoms with Crippen LogP contribution in [0.1, 0.15) is 31.7 Å². The fourth-order valence-corrected chi connectivity index (χ4v) is 3.91. The fourth-order valence-electron chi connectivity index (χ4n) is 3.91. The Hall–Kier alpha value is -2.74. The summed E-state index contributed by atoms with van der Waals surface area (Å²) in [5.74, 6) is -0.192. The van der Waals surface area contributed by atoms with Crippen LogP contribution in [0.15, 0.2) is 17.8 Å². The second-order valence-electron chi connectivity index (χ2n) is 7.48. The minimum absolute atomic E-state index is 0.0313. The van der Waals surface area contributed by atoms with Crippen LogP contribution in [-0.2, 0) is 9.59 Å². The van der Waals surface area contributed by atoms with Crippen LogP contribution in [0.25, 0.3) is 5.57 Å². The maximum absolute atomic E-state index is 15.0. The van der Waals surface area contributed by atoms with E-state index < -0.39 is 30.0 Å². The molecule has 148 valence electrons. The molecule has 3 heterocycles. The monoisotopic (exact) mass is 389 g/mol. The van der Waals surface area contributed by atoms with Gasteiger partial charge >= 0.3 is 5.97 Å². The van der Waals surface area contributed by atoms with Crippen LogP contribution >= 0.6 is 0 Å². The van der Waals surface area contributed by atoms with Crippen molar-refractivity contribution in [2.45, 2.75) is 50.5 Å². The molecule has 0 amide bonds. The molecule has 0 radical (unpaired) electrons. The number of hydrogen-bond acceptors (Lipinski definition) is 7. The normalized spacial score (nSPS) is 25.3. The lowest BCUT2D eigenvalue weighted by Gasteiger charge is -2.32. The van der Waals surface area contributed by atoms with E-state index >= 15 is 0 Å². The number of rotatable bonds is 4. The largest absolute Gasteiger partial charge is 0.478 e. The summed E-state index contributed by atoms with van der Waals surface area (Å²) in [6, 6.07) is 0.621. The number of halogens is 1. The van der Waals surface area contributed by atoms with E-state index in [9.17, 15) is 29.3 Å². The molecule has 1 aromatic rings. The van der Waals surface area contributed by atoms with Crippen molar-refractivity contribution in [2.24, 2.45) is 0 Å². The van der Waals surface area contributed by atoms with E-state index in [1.807, 2.05) is 0 Å². The van der Waals surface area contributed by atoms with Crippen LogP contribution in [0, 0.1) is 5.82 Å². The summed E-state index contributed by atoms with van der Waals surface area (Å²) in [7, 11) is 0. The Kier molecular flexibility index (Phi) is 4.45. The predicted octanol–water partition coefficient (Wildman–Crippen LogP) is 0.707. The van der Waals surface area contributed by atoms with E-state index in [1.54, 1.807) is 17.8 Å². The van der Waals surface area contributed by atoms with E-state index in [2.05, 4.69) is 4.98 Å². The highest BCUT2D eigenvalue weighted by atomic mass is 19.1. The van der Waals surface area contributed by atoms with Crippen LogP contribution < -0.4 is 9.80 Å². The minimum Gasteiger partial charge on any atom is -0.478 e. The zero-order valence-electron chi connectivity index (χ0n) is 15.2. The second kappa shape index (κ2) is 6.70. The molecule has 3 aliphatic rings. The zero-order valence-corrected chi connectivity index (χ0v) is 15.2. The van der Waals surface area contributed by atoms with Gasteiger partial charge in [0.2, 0.25) is 0 Å². The second-order valence-corrected chi connectivity index (χ2v) is 7.48. The number of carboxylic acids is 1. The number of carboxylic acid groups (broad SMARTS) is 1. The first-order valence-electron chi connectivity index (χ1n) is 9.14. The highest BCUT2D eigenvalue weighted by Crippen LogP contribution is 2.43. The average Bonchev–Trinajstić information content (AvgIpc) is 3.40. The molecule has 2 fully saturated rings. The summed E-state index contributed by atoms with van der Waals surface area (Å²) in [6.45, 7) is 1.69. The number of anilines is 2. The van der Waals surface area contributed by atoms with Crippen molar-refractivity contribution >= 4 is 29.1 Å². The van der Waals surface area contributed by atoms with E-state index in [1.165, 1.54) is 11.1 Å². The standard InChI is InChI=1S/C19H20FN3O5/c1-9(25)16-4-11(26)6-23(16)18-15(20)5-12-14(8-24)13(19(27)28)7-22(10-2-3-10)17(12)21-18/h5,7,9-11,16,25-26H,2-4,6H2,1H3,(H,27,28)/t9-,11+,16-/m0/s1. The lowest BCUT2D eigenvalue weighted by atomic mass is 9.96. The fraction of sp³-hybridized carbons (Fsp3) is 0.474. The average molecular weight is 389 g/mol. The SMILES string of the molecule is C[C@H](O)[C@@H]1C[C@@H](O)CN1c1nc2c(cc1F)C(=C=O)C(C(=O)O)=CN2C1CC1. The molecule has 4 rings (SSSR count). The molecule has 1 aromatic heterocycles. The van der Waals surface area contributed by atoms with Gasteiger partial charge in [-0.3, -0.25) is 0 Å². The molecule has 2 aliphatic heterocycles. The van der Waals surface area contributed by atoms with E-state index in [-0.39, 0.29) is 47.4 Å². The van der Waals surface area contributed by atoms with Gasteiger partial charge in [-0.15, -0.1) is 0 Å². The van der Waals surface area contributed by atoms with Gasteiger partial charge in [-0.05, 0) is 32.3 Å². The molecule has 0 aromatic carbocycles. The molecule has 0 spiro atoms. The van der Waals surface area contributed by atoms with Crippen LogP contribution in [0.5, 0.6) is 0 Å². The molecular formula is C19H20FN3O5. The number of aliphatic carboxylic acids is 1. The molecule has 1 saturated heterocycles. The Bertz CT molecular complexity index is 920. The molecule has 0 bridgehead atoms. The number of hydrogen-bond donors (Lipinski definition) is 3. The van der Waals surface area contributed by atoms with Crippen molar-refractivity contribution < 1.29 is 29.3 Å². The van der Waals surface area contributed by atoms with Gasteiger partial charge in [-0.1, -0.05) is 0 Å². The summed E-state index contributed by atoms with van der Waals surface area (Å²) < 4.78 is 15.0. The van der Waals surface area contributed by atoms with Crippen molar-refractivity contribution in [3.05, 3.63) is 29.2 Å². The summed E-state index contributed by atoms with van der Waals surface area (Å²) in [5.41, 5.74) is -0.413. The number of aliphatic hydroxyl groups is 2. The predicted molar refractivity (Wildman–Crippen MR) is 98.0 cm³/mol. The summed E-state index contributed by atoms with van der Waals surface area (Å²) in [5, 5.41) is 29.4. The van der Waals surface area contributed by atoms with Gasteiger partial charge in [0.15, 0.2) is 11.6 Å². The zero-order chi connectivity index (χ0) is 20.2. The molecule has 3 atom stereocenters. The lowest BCUT2D eigenvalue weighted by molar-refractivity contribution is -0.132. The third-order valence-electron chi connectivity index (χ3n) is 5.41. The third kappa shape index (κ3) is 2.97. The summed E-state index contributed by atoms with van der Waals surface area (Å²) in [6.07, 6.45) is 1.76. The Morgan fingerprint density at radius 1 is 1.39 bits per heavy atom. The number of aromatic nitrogens is 1. The van der Waals surface area contributed by atoms with Crippen LogP contribution in [0.4, 0.5) is 16.0 Å². The quantitative estimate of drug-likeness (QED) is 0.645. The van der Waals surface area contributed by atoms with Gasteiger partial charge in [0.1, 0.15) is 11.8 Å². The number of carbonyl (C=O) groups is 1. The molecule has 1 saturated carbocycles. The van der Waals surface area contributed by atoms with Gasteiger partial charge in [0, 0.05) is 24.4 Å². The van der Waals surface area contributed by atoms with E-state index in [0.717, 1.165) is 18.9 Å². The summed E-state index contributed by atoms with van der Waals surface area (Å²) in [4.78, 5) is 30.6. The number of β-amino-alcohol motifs (C(OH)–C–C–N with tert-alkyl or cyclic N) is 1. The van der Waals surface area contributed by atoms with Gasteiger partial charge < -0.3 is 25.1 Å². The number of pyridine rings is 1. The molecule has 1 aliphatic carbocycles. The van der Waals surface area contributed by atoms with Gasteiger partial charge in [-0.2, -0.15) is 0 Å². The van der Waals surface area contributed by atoms with Crippen molar-refractivity contribution in [2.75, 3.05) is 16.3 Å². The molecule has 28 heavy (non-hydrogen) atoms. The first-order valence-corrected chi connectivity index (χ1v) is 9.14. The number of carbonyl (C=O) groups excluding carboxylic acids is 1. The number of aliphatic hydroxyl groups excluding tert-OH is 2. The topological polar surface area (TPSA) is 114 Å². The van der Waals surface area contributed by atoms with Crippen molar-refractivity contribution in [3.63, 3.8) is 0 Å². The number of nitrogens with zero attached hydrogens (tertiary/aromatic N) is 3. The van der Waals surface area contributed by atoms with Crippen LogP contribution in [0.3, 0.4) is 0 Å². The molecule has 3 N–H and O–H groups in total. The van der Waals surface area contributed by atoms with E-state index in [0.29, 0.717) is 0 Å². The van der Waals surface area contributed by atoms with E-state index in [4.69, 9.17) is 0 Å². The first kappa shape index (κ1) is 18.6. The highest BCUT2D eigenvalue weighted by molar-refractivity contribution is 6.15. The molecule has 0 unspecified atom stereocenters. The molecule has 9 heteroatoms. The number of fused-ring (bicyclic) bond motifs is 1. The first-order chi connectivity index (χ1) is 13.3. The lowest BCUT2D eigenvalue weighted by Crippen LogP contribution is -2.39. The van der Waals surface area contributed by atoms with Gasteiger partial charge in [0.25, 0.3) is 0 Å². The van der Waals surface area contributed by atoms with Crippen molar-refractivity contribution in [3.8, 4) is 0 Å². The third-order valence-corrected chi connectivity index (χ3v) is 5.41. The Labute approximate surface area is 160 Å². The highest BCUT2D eigenvalue weighted by Gasteiger charge is 2.40. The Balaban J connectivity index is 1.85. The maximum atomic E-state index is 15.0. The maximum Gasteiger partial charge on any atom is 0.338 e. The Morgan fingerprint density at radius 3 is 2.68 bits per heavy atom. The van der Waals surface area contributed by atoms with Crippen molar-refractivity contribution in [1.82, 2.24) is 4.98 Å². The Morgan fingerprint density at radius 2 is 2.11 bits per heavy atom. The van der Waals surface area contributed by atoms with Gasteiger partial charge in [-0.25, -0.2) is 19.0 Å². The summed E-state index contributed by atoms with van der Waals surface area (Å²) >= 11 is 0. The molecule has 8 nitrogen and oxygen atoms in total. The minimum atomic E-state index is -1.30. The van der Waals surface area contributed by atoms with Crippen LogP contribution in [0.2, 0.25) is 0 Å².